The zero-order valence-corrected chi connectivity index (χ0v) is 12.9. The minimum absolute atomic E-state index is 0.210. The number of carbonyl (C=O) groups is 1. The highest BCUT2D eigenvalue weighted by atomic mass is 35.5. The van der Waals surface area contributed by atoms with E-state index in [1.54, 1.807) is 0 Å². The Labute approximate surface area is 139 Å². The van der Waals surface area contributed by atoms with Crippen LogP contribution < -0.4 is 10.1 Å². The van der Waals surface area contributed by atoms with Crippen molar-refractivity contribution in [3.63, 3.8) is 0 Å². The monoisotopic (exact) mass is 358 g/mol. The number of carbonyl (C=O) groups excluding carboxylic acids is 1. The number of nitro groups is 1. The highest BCUT2D eigenvalue weighted by molar-refractivity contribution is 6.35. The predicted molar refractivity (Wildman–Crippen MR) is 83.6 cm³/mol. The van der Waals surface area contributed by atoms with Gasteiger partial charge in [-0.15, -0.1) is 0 Å². The van der Waals surface area contributed by atoms with E-state index in [-0.39, 0.29) is 16.5 Å². The molecule has 0 heterocycles. The molecule has 0 saturated carbocycles. The van der Waals surface area contributed by atoms with Crippen molar-refractivity contribution in [2.24, 2.45) is 0 Å². The van der Waals surface area contributed by atoms with Gasteiger partial charge in [-0.1, -0.05) is 23.2 Å². The smallest absolute Gasteiger partial charge is 0.292 e. The molecule has 9 heteroatoms. The van der Waals surface area contributed by atoms with Crippen LogP contribution in [-0.4, -0.2) is 17.4 Å². The van der Waals surface area contributed by atoms with E-state index in [1.807, 2.05) is 0 Å². The summed E-state index contributed by atoms with van der Waals surface area (Å²) in [6, 6.07) is 7.18. The maximum Gasteiger partial charge on any atom is 0.292 e. The van der Waals surface area contributed by atoms with Crippen molar-refractivity contribution < 1.29 is 18.8 Å². The molecule has 0 spiro atoms. The van der Waals surface area contributed by atoms with Crippen LogP contribution in [0.2, 0.25) is 10.0 Å². The number of halogens is 3. The first kappa shape index (κ1) is 17.0. The molecule has 0 aliphatic rings. The number of benzene rings is 2. The first-order valence-corrected chi connectivity index (χ1v) is 6.94. The van der Waals surface area contributed by atoms with E-state index < -0.39 is 28.9 Å². The first-order chi connectivity index (χ1) is 10.9. The summed E-state index contributed by atoms with van der Waals surface area (Å²) in [6.07, 6.45) is 0. The molecule has 0 aromatic heterocycles. The second-order valence-electron chi connectivity index (χ2n) is 4.33. The first-order valence-electron chi connectivity index (χ1n) is 6.18. The molecule has 1 amide bonds. The standard InChI is InChI=1S/C14H9Cl2FN2O4/c15-8-1-4-13(10(16)5-8)23-7-14(20)18-11-6-9(17)2-3-12(11)19(21)22/h1-6H,7H2,(H,18,20). The van der Waals surface area contributed by atoms with Crippen LogP contribution in [0.3, 0.4) is 0 Å². The van der Waals surface area contributed by atoms with Gasteiger partial charge in [0.2, 0.25) is 0 Å². The molecule has 0 atom stereocenters. The molecule has 120 valence electrons. The molecule has 2 aromatic rings. The Morgan fingerprint density at radius 2 is 2.00 bits per heavy atom. The van der Waals surface area contributed by atoms with Crippen LogP contribution in [0, 0.1) is 15.9 Å². The Kier molecular flexibility index (Phi) is 5.36. The van der Waals surface area contributed by atoms with E-state index in [0.717, 1.165) is 18.2 Å². The van der Waals surface area contributed by atoms with Crippen LogP contribution in [0.15, 0.2) is 36.4 Å². The van der Waals surface area contributed by atoms with Crippen LogP contribution in [0.1, 0.15) is 0 Å². The summed E-state index contributed by atoms with van der Waals surface area (Å²) in [7, 11) is 0. The average Bonchev–Trinajstić information content (AvgIpc) is 2.46. The summed E-state index contributed by atoms with van der Waals surface area (Å²) in [5.41, 5.74) is -0.685. The van der Waals surface area contributed by atoms with Gasteiger partial charge in [0.25, 0.3) is 11.6 Å². The van der Waals surface area contributed by atoms with Gasteiger partial charge in [-0.25, -0.2) is 4.39 Å². The van der Waals surface area contributed by atoms with Crippen LogP contribution in [-0.2, 0) is 4.79 Å². The summed E-state index contributed by atoms with van der Waals surface area (Å²) in [5.74, 6) is -1.20. The Balaban J connectivity index is 2.05. The van der Waals surface area contributed by atoms with Crippen LogP contribution in [0.5, 0.6) is 5.75 Å². The topological polar surface area (TPSA) is 81.5 Å². The number of anilines is 1. The van der Waals surface area contributed by atoms with Gasteiger partial charge in [0.15, 0.2) is 6.61 Å². The summed E-state index contributed by atoms with van der Waals surface area (Å²) in [6.45, 7) is -0.463. The number of nitro benzene ring substituents is 1. The van der Waals surface area contributed by atoms with Gasteiger partial charge in [0, 0.05) is 17.2 Å². The molecule has 0 unspecified atom stereocenters. The molecule has 0 aliphatic heterocycles. The maximum atomic E-state index is 13.2. The lowest BCUT2D eigenvalue weighted by Gasteiger charge is -2.09. The second kappa shape index (κ2) is 7.26. The molecule has 1 N–H and O–H groups in total. The number of nitrogens with zero attached hydrogens (tertiary/aromatic N) is 1. The number of hydrogen-bond acceptors (Lipinski definition) is 4. The Morgan fingerprint density at radius 3 is 2.65 bits per heavy atom. The van der Waals surface area contributed by atoms with Crippen molar-refractivity contribution in [3.05, 3.63) is 62.4 Å². The van der Waals surface area contributed by atoms with Crippen molar-refractivity contribution in [3.8, 4) is 5.75 Å². The average molecular weight is 359 g/mol. The largest absolute Gasteiger partial charge is 0.482 e. The molecule has 0 fully saturated rings. The molecule has 2 rings (SSSR count). The minimum atomic E-state index is -0.730. The molecule has 23 heavy (non-hydrogen) atoms. The normalized spacial score (nSPS) is 10.2. The van der Waals surface area contributed by atoms with E-state index in [0.29, 0.717) is 5.02 Å². The van der Waals surface area contributed by atoms with Gasteiger partial charge < -0.3 is 10.1 Å². The van der Waals surface area contributed by atoms with Crippen LogP contribution in [0.25, 0.3) is 0 Å². The number of amides is 1. The van der Waals surface area contributed by atoms with Gasteiger partial charge in [-0.05, 0) is 24.3 Å². The lowest BCUT2D eigenvalue weighted by atomic mass is 10.2. The Bertz CT molecular complexity index is 770. The van der Waals surface area contributed by atoms with Crippen molar-refractivity contribution in [1.82, 2.24) is 0 Å². The SMILES string of the molecule is O=C(COc1ccc(Cl)cc1Cl)Nc1cc(F)ccc1[N+](=O)[O-]. The van der Waals surface area contributed by atoms with Gasteiger partial charge in [0.05, 0.1) is 9.95 Å². The van der Waals surface area contributed by atoms with Gasteiger partial charge in [-0.3, -0.25) is 14.9 Å². The van der Waals surface area contributed by atoms with Crippen LogP contribution >= 0.6 is 23.2 Å². The minimum Gasteiger partial charge on any atom is -0.482 e. The van der Waals surface area contributed by atoms with E-state index in [4.69, 9.17) is 27.9 Å². The quantitative estimate of drug-likeness (QED) is 0.645. The summed E-state index contributed by atoms with van der Waals surface area (Å²) >= 11 is 11.6. The lowest BCUT2D eigenvalue weighted by molar-refractivity contribution is -0.384. The fourth-order valence-corrected chi connectivity index (χ4v) is 2.15. The summed E-state index contributed by atoms with van der Waals surface area (Å²) < 4.78 is 18.4. The number of hydrogen-bond donors (Lipinski definition) is 1. The van der Waals surface area contributed by atoms with Gasteiger partial charge >= 0.3 is 0 Å². The molecular formula is C14H9Cl2FN2O4. The van der Waals surface area contributed by atoms with E-state index in [2.05, 4.69) is 5.32 Å². The Hall–Kier alpha value is -2.38. The highest BCUT2D eigenvalue weighted by Gasteiger charge is 2.17. The third-order valence-electron chi connectivity index (χ3n) is 2.68. The third kappa shape index (κ3) is 4.54. The maximum absolute atomic E-state index is 13.2. The van der Waals surface area contributed by atoms with E-state index in [9.17, 15) is 19.3 Å². The Morgan fingerprint density at radius 1 is 1.26 bits per heavy atom. The third-order valence-corrected chi connectivity index (χ3v) is 3.21. The number of rotatable bonds is 5. The van der Waals surface area contributed by atoms with E-state index >= 15 is 0 Å². The molecular weight excluding hydrogens is 350 g/mol. The lowest BCUT2D eigenvalue weighted by Crippen LogP contribution is -2.21. The van der Waals surface area contributed by atoms with Crippen molar-refractivity contribution in [1.29, 1.82) is 0 Å². The highest BCUT2D eigenvalue weighted by Crippen LogP contribution is 2.28. The van der Waals surface area contributed by atoms with Crippen molar-refractivity contribution >= 4 is 40.5 Å². The zero-order valence-electron chi connectivity index (χ0n) is 11.4. The molecule has 0 bridgehead atoms. The molecule has 0 radical (unpaired) electrons. The van der Waals surface area contributed by atoms with E-state index in [1.165, 1.54) is 18.2 Å². The molecule has 0 aliphatic carbocycles. The summed E-state index contributed by atoms with van der Waals surface area (Å²) in [5, 5.41) is 13.7. The summed E-state index contributed by atoms with van der Waals surface area (Å²) in [4.78, 5) is 21.9. The number of nitrogens with one attached hydrogen (secondary N) is 1. The fraction of sp³-hybridized carbons (Fsp3) is 0.0714. The predicted octanol–water partition coefficient (Wildman–Crippen LogP) is 4.06. The van der Waals surface area contributed by atoms with Crippen LogP contribution in [0.4, 0.5) is 15.8 Å². The van der Waals surface area contributed by atoms with Crippen molar-refractivity contribution in [2.45, 2.75) is 0 Å². The fourth-order valence-electron chi connectivity index (χ4n) is 1.69. The molecule has 0 saturated heterocycles. The second-order valence-corrected chi connectivity index (χ2v) is 5.17. The molecule has 2 aromatic carbocycles. The molecule has 6 nitrogen and oxygen atoms in total. The van der Waals surface area contributed by atoms with Gasteiger partial charge in [0.1, 0.15) is 17.3 Å². The van der Waals surface area contributed by atoms with Crippen molar-refractivity contribution in [2.75, 3.05) is 11.9 Å². The van der Waals surface area contributed by atoms with Gasteiger partial charge in [-0.2, -0.15) is 0 Å². The number of ether oxygens (including phenoxy) is 1. The zero-order chi connectivity index (χ0) is 17.0.